The highest BCUT2D eigenvalue weighted by Crippen LogP contribution is 2.31. The van der Waals surface area contributed by atoms with Crippen molar-refractivity contribution < 1.29 is 9.53 Å². The molecule has 0 spiro atoms. The summed E-state index contributed by atoms with van der Waals surface area (Å²) in [6.07, 6.45) is 4.90. The van der Waals surface area contributed by atoms with Crippen LogP contribution in [-0.4, -0.2) is 43.8 Å². The number of ether oxygens (including phenoxy) is 1. The van der Waals surface area contributed by atoms with Crippen molar-refractivity contribution in [1.29, 1.82) is 0 Å². The fraction of sp³-hybridized carbons (Fsp3) is 0.720. The number of carbonyl (C=O) groups excluding carboxylic acids is 1. The van der Waals surface area contributed by atoms with Crippen molar-refractivity contribution >= 4 is 11.8 Å². The van der Waals surface area contributed by atoms with Crippen LogP contribution in [0, 0.1) is 18.8 Å². The first-order valence-electron chi connectivity index (χ1n) is 11.5. The monoisotopic (exact) mass is 402 g/mol. The van der Waals surface area contributed by atoms with E-state index in [1.165, 1.54) is 31.4 Å². The van der Waals surface area contributed by atoms with Gasteiger partial charge in [-0.25, -0.2) is 4.79 Å². The summed E-state index contributed by atoms with van der Waals surface area (Å²) < 4.78 is 5.56. The number of aryl methyl sites for hydroxylation is 1. The maximum Gasteiger partial charge on any atom is 0.414 e. The van der Waals surface area contributed by atoms with Crippen molar-refractivity contribution in [3.8, 4) is 0 Å². The Morgan fingerprint density at radius 1 is 1.17 bits per heavy atom. The van der Waals surface area contributed by atoms with Crippen LogP contribution >= 0.6 is 0 Å². The molecule has 1 atom stereocenters. The van der Waals surface area contributed by atoms with Crippen LogP contribution in [0.15, 0.2) is 18.2 Å². The molecule has 1 aliphatic carbocycles. The maximum atomic E-state index is 12.8. The number of carbonyl (C=O) groups is 1. The van der Waals surface area contributed by atoms with Gasteiger partial charge in [0.2, 0.25) is 0 Å². The van der Waals surface area contributed by atoms with Crippen molar-refractivity contribution in [2.75, 3.05) is 31.6 Å². The van der Waals surface area contributed by atoms with E-state index in [9.17, 15) is 4.79 Å². The molecule has 0 N–H and O–H groups in total. The van der Waals surface area contributed by atoms with Crippen molar-refractivity contribution in [3.63, 3.8) is 0 Å². The number of hydrogen-bond donors (Lipinski definition) is 0. The Balaban J connectivity index is 2.22. The van der Waals surface area contributed by atoms with Crippen LogP contribution in [0.4, 0.5) is 10.5 Å². The molecule has 4 heteroatoms. The van der Waals surface area contributed by atoms with Gasteiger partial charge in [-0.2, -0.15) is 0 Å². The summed E-state index contributed by atoms with van der Waals surface area (Å²) in [5.74, 6) is 1.73. The molecule has 0 bridgehead atoms. The summed E-state index contributed by atoms with van der Waals surface area (Å²) in [5.41, 5.74) is 3.43. The standard InChI is InChI=1S/C25H42N2O2/c1-8-22(17-26(7)16-21-10-9-11-21)23-13-12-20(6)24(14-23)27(15-18(2)3)25(28)29-19(4)5/h12-14,18-19,21-22H,8-11,15-17H2,1-7H3. The second-order valence-corrected chi connectivity index (χ2v) is 9.61. The number of rotatable bonds is 10. The molecule has 0 saturated heterocycles. The number of likely N-dealkylation sites (N-methyl/N-ethyl adjacent to an activating group) is 1. The number of hydrogen-bond acceptors (Lipinski definition) is 3. The lowest BCUT2D eigenvalue weighted by Gasteiger charge is -2.32. The Kier molecular flexibility index (Phi) is 9.01. The number of nitrogens with zero attached hydrogens (tertiary/aromatic N) is 2. The molecule has 2 rings (SSSR count). The normalized spacial score (nSPS) is 15.7. The highest BCUT2D eigenvalue weighted by molar-refractivity contribution is 5.89. The molecule has 1 fully saturated rings. The zero-order valence-corrected chi connectivity index (χ0v) is 19.7. The first-order chi connectivity index (χ1) is 13.7. The second-order valence-electron chi connectivity index (χ2n) is 9.61. The predicted octanol–water partition coefficient (Wildman–Crippen LogP) is 6.23. The van der Waals surface area contributed by atoms with E-state index >= 15 is 0 Å². The summed E-state index contributed by atoms with van der Waals surface area (Å²) in [4.78, 5) is 17.2. The summed E-state index contributed by atoms with van der Waals surface area (Å²) >= 11 is 0. The molecule has 1 amide bonds. The Morgan fingerprint density at radius 3 is 2.38 bits per heavy atom. The molecule has 0 radical (unpaired) electrons. The van der Waals surface area contributed by atoms with Gasteiger partial charge in [-0.3, -0.25) is 4.90 Å². The van der Waals surface area contributed by atoms with Gasteiger partial charge in [0, 0.05) is 19.6 Å². The minimum absolute atomic E-state index is 0.121. The van der Waals surface area contributed by atoms with Crippen molar-refractivity contribution in [3.05, 3.63) is 29.3 Å². The average Bonchev–Trinajstić information content (AvgIpc) is 2.61. The van der Waals surface area contributed by atoms with Gasteiger partial charge in [0.15, 0.2) is 0 Å². The number of benzene rings is 1. The zero-order valence-electron chi connectivity index (χ0n) is 19.7. The molecular formula is C25H42N2O2. The first-order valence-corrected chi connectivity index (χ1v) is 11.5. The lowest BCUT2D eigenvalue weighted by atomic mass is 9.85. The van der Waals surface area contributed by atoms with Gasteiger partial charge in [0.1, 0.15) is 0 Å². The van der Waals surface area contributed by atoms with Gasteiger partial charge in [0.05, 0.1) is 11.8 Å². The summed E-state index contributed by atoms with van der Waals surface area (Å²) in [7, 11) is 2.25. The first kappa shape index (κ1) is 23.7. The lowest BCUT2D eigenvalue weighted by molar-refractivity contribution is 0.122. The van der Waals surface area contributed by atoms with Crippen molar-refractivity contribution in [1.82, 2.24) is 4.90 Å². The van der Waals surface area contributed by atoms with Gasteiger partial charge in [0.25, 0.3) is 0 Å². The van der Waals surface area contributed by atoms with Gasteiger partial charge in [-0.1, -0.05) is 39.3 Å². The average molecular weight is 403 g/mol. The summed E-state index contributed by atoms with van der Waals surface area (Å²) in [6.45, 7) is 15.4. The van der Waals surface area contributed by atoms with Gasteiger partial charge in [-0.05, 0) is 82.0 Å². The molecule has 29 heavy (non-hydrogen) atoms. The minimum atomic E-state index is -0.246. The number of anilines is 1. The molecule has 1 aromatic carbocycles. The van der Waals surface area contributed by atoms with Crippen LogP contribution < -0.4 is 4.90 Å². The third-order valence-corrected chi connectivity index (χ3v) is 5.92. The van der Waals surface area contributed by atoms with Crippen LogP contribution in [0.1, 0.15) is 77.3 Å². The molecule has 0 aromatic heterocycles. The predicted molar refractivity (Wildman–Crippen MR) is 123 cm³/mol. The molecule has 1 aromatic rings. The molecule has 1 unspecified atom stereocenters. The molecule has 1 aliphatic rings. The SMILES string of the molecule is CCC(CN(C)CC1CCC1)c1ccc(C)c(N(CC(C)C)C(=O)OC(C)C)c1. The van der Waals surface area contributed by atoms with E-state index in [4.69, 9.17) is 4.74 Å². The van der Waals surface area contributed by atoms with Gasteiger partial charge < -0.3 is 9.64 Å². The smallest absolute Gasteiger partial charge is 0.414 e. The molecule has 0 heterocycles. The quantitative estimate of drug-likeness (QED) is 0.465. The Labute approximate surface area is 178 Å². The Morgan fingerprint density at radius 2 is 1.86 bits per heavy atom. The molecule has 164 valence electrons. The van der Waals surface area contributed by atoms with Gasteiger partial charge in [-0.15, -0.1) is 0 Å². The Hall–Kier alpha value is -1.55. The number of amides is 1. The second kappa shape index (κ2) is 11.0. The van der Waals surface area contributed by atoms with Crippen LogP contribution in [0.2, 0.25) is 0 Å². The minimum Gasteiger partial charge on any atom is -0.446 e. The van der Waals surface area contributed by atoms with E-state index < -0.39 is 0 Å². The maximum absolute atomic E-state index is 12.8. The van der Waals surface area contributed by atoms with Crippen LogP contribution in [0.3, 0.4) is 0 Å². The van der Waals surface area contributed by atoms with E-state index in [0.717, 1.165) is 30.1 Å². The highest BCUT2D eigenvalue weighted by atomic mass is 16.6. The zero-order chi connectivity index (χ0) is 21.6. The molecular weight excluding hydrogens is 360 g/mol. The van der Waals surface area contributed by atoms with E-state index in [2.05, 4.69) is 57.8 Å². The van der Waals surface area contributed by atoms with Crippen LogP contribution in [0.25, 0.3) is 0 Å². The van der Waals surface area contributed by atoms with E-state index in [0.29, 0.717) is 18.4 Å². The van der Waals surface area contributed by atoms with Crippen LogP contribution in [0.5, 0.6) is 0 Å². The fourth-order valence-corrected chi connectivity index (χ4v) is 4.11. The van der Waals surface area contributed by atoms with E-state index in [-0.39, 0.29) is 12.2 Å². The van der Waals surface area contributed by atoms with Crippen molar-refractivity contribution in [2.24, 2.45) is 11.8 Å². The molecule has 1 saturated carbocycles. The van der Waals surface area contributed by atoms with Gasteiger partial charge >= 0.3 is 6.09 Å². The topological polar surface area (TPSA) is 32.8 Å². The van der Waals surface area contributed by atoms with E-state index in [1.807, 2.05) is 18.7 Å². The lowest BCUT2D eigenvalue weighted by Crippen LogP contribution is -2.36. The van der Waals surface area contributed by atoms with Crippen molar-refractivity contribution in [2.45, 2.75) is 79.2 Å². The third kappa shape index (κ3) is 7.02. The molecule has 0 aliphatic heterocycles. The van der Waals surface area contributed by atoms with Crippen LogP contribution in [-0.2, 0) is 4.74 Å². The summed E-state index contributed by atoms with van der Waals surface area (Å²) in [5, 5.41) is 0. The fourth-order valence-electron chi connectivity index (χ4n) is 4.11. The summed E-state index contributed by atoms with van der Waals surface area (Å²) in [6, 6.07) is 6.63. The van der Waals surface area contributed by atoms with E-state index in [1.54, 1.807) is 0 Å². The molecule has 4 nitrogen and oxygen atoms in total. The largest absolute Gasteiger partial charge is 0.446 e. The Bertz CT molecular complexity index is 652. The third-order valence-electron chi connectivity index (χ3n) is 5.92. The highest BCUT2D eigenvalue weighted by Gasteiger charge is 2.24.